The molecule has 0 spiro atoms. The zero-order chi connectivity index (χ0) is 17.6. The monoisotopic (exact) mass is 351 g/mol. The zero-order valence-corrected chi connectivity index (χ0v) is 14.5. The van der Waals surface area contributed by atoms with Crippen molar-refractivity contribution in [2.45, 2.75) is 13.5 Å². The molecule has 25 heavy (non-hydrogen) atoms. The standard InChI is InChI=1S/C20H18ClN3O/c1-14-5-7-15(8-6-14)12-22-18-9-10-19(23-13-18)24-20(25)16-3-2-4-17(21)11-16/h2-11,13,22H,12H2,1H3,(H,23,24,25). The largest absolute Gasteiger partial charge is 0.380 e. The van der Waals surface area contributed by atoms with Gasteiger partial charge in [-0.3, -0.25) is 4.79 Å². The van der Waals surface area contributed by atoms with E-state index in [0.717, 1.165) is 12.2 Å². The number of amides is 1. The number of aryl methyl sites for hydroxylation is 1. The van der Waals surface area contributed by atoms with Gasteiger partial charge in [0.05, 0.1) is 11.9 Å². The highest BCUT2D eigenvalue weighted by molar-refractivity contribution is 6.31. The number of halogens is 1. The summed E-state index contributed by atoms with van der Waals surface area (Å²) in [5.41, 5.74) is 3.83. The molecule has 0 aliphatic rings. The number of carbonyl (C=O) groups is 1. The second-order valence-corrected chi connectivity index (χ2v) is 6.17. The molecule has 0 atom stereocenters. The number of nitrogens with zero attached hydrogens (tertiary/aromatic N) is 1. The summed E-state index contributed by atoms with van der Waals surface area (Å²) in [6.07, 6.45) is 1.70. The third kappa shape index (κ3) is 4.81. The normalized spacial score (nSPS) is 10.3. The molecule has 0 bridgehead atoms. The number of carbonyl (C=O) groups excluding carboxylic acids is 1. The van der Waals surface area contributed by atoms with Gasteiger partial charge >= 0.3 is 0 Å². The zero-order valence-electron chi connectivity index (χ0n) is 13.8. The summed E-state index contributed by atoms with van der Waals surface area (Å²) in [5, 5.41) is 6.59. The number of hydrogen-bond donors (Lipinski definition) is 2. The Morgan fingerprint density at radius 2 is 1.88 bits per heavy atom. The maximum Gasteiger partial charge on any atom is 0.256 e. The minimum atomic E-state index is -0.240. The number of hydrogen-bond acceptors (Lipinski definition) is 3. The van der Waals surface area contributed by atoms with E-state index in [1.807, 2.05) is 6.07 Å². The van der Waals surface area contributed by atoms with E-state index in [1.54, 1.807) is 36.5 Å². The van der Waals surface area contributed by atoms with Gasteiger partial charge in [-0.05, 0) is 42.8 Å². The molecule has 0 unspecified atom stereocenters. The second kappa shape index (κ2) is 7.81. The van der Waals surface area contributed by atoms with Gasteiger partial charge in [0.15, 0.2) is 0 Å². The lowest BCUT2D eigenvalue weighted by atomic mass is 10.1. The number of benzene rings is 2. The Morgan fingerprint density at radius 3 is 2.56 bits per heavy atom. The number of anilines is 2. The van der Waals surface area contributed by atoms with Gasteiger partial charge in [0, 0.05) is 17.1 Å². The Labute approximate surface area is 151 Å². The Kier molecular flexibility index (Phi) is 5.31. The van der Waals surface area contributed by atoms with Crippen LogP contribution >= 0.6 is 11.6 Å². The lowest BCUT2D eigenvalue weighted by Crippen LogP contribution is -2.12. The van der Waals surface area contributed by atoms with Crippen LogP contribution < -0.4 is 10.6 Å². The first-order valence-electron chi connectivity index (χ1n) is 7.92. The Bertz CT molecular complexity index is 861. The molecule has 0 fully saturated rings. The molecule has 0 saturated carbocycles. The molecule has 2 aromatic carbocycles. The van der Waals surface area contributed by atoms with Crippen molar-refractivity contribution in [3.63, 3.8) is 0 Å². The number of aromatic nitrogens is 1. The predicted octanol–water partition coefficient (Wildman–Crippen LogP) is 4.91. The van der Waals surface area contributed by atoms with E-state index in [9.17, 15) is 4.79 Å². The SMILES string of the molecule is Cc1ccc(CNc2ccc(NC(=O)c3cccc(Cl)c3)nc2)cc1. The Balaban J connectivity index is 1.58. The molecule has 4 nitrogen and oxygen atoms in total. The summed E-state index contributed by atoms with van der Waals surface area (Å²) in [6, 6.07) is 18.8. The lowest BCUT2D eigenvalue weighted by Gasteiger charge is -2.08. The van der Waals surface area contributed by atoms with E-state index < -0.39 is 0 Å². The van der Waals surface area contributed by atoms with Crippen LogP contribution in [0.4, 0.5) is 11.5 Å². The molecule has 2 N–H and O–H groups in total. The highest BCUT2D eigenvalue weighted by atomic mass is 35.5. The molecule has 5 heteroatoms. The van der Waals surface area contributed by atoms with Gasteiger partial charge in [0.1, 0.15) is 5.82 Å². The third-order valence-corrected chi connectivity index (χ3v) is 3.94. The minimum Gasteiger partial charge on any atom is -0.380 e. The predicted molar refractivity (Wildman–Crippen MR) is 102 cm³/mol. The fourth-order valence-corrected chi connectivity index (χ4v) is 2.49. The highest BCUT2D eigenvalue weighted by Crippen LogP contribution is 2.15. The fraction of sp³-hybridized carbons (Fsp3) is 0.100. The quantitative estimate of drug-likeness (QED) is 0.686. The van der Waals surface area contributed by atoms with Crippen molar-refractivity contribution in [1.29, 1.82) is 0 Å². The topological polar surface area (TPSA) is 54.0 Å². The van der Waals surface area contributed by atoms with Crippen LogP contribution in [0.15, 0.2) is 66.9 Å². The summed E-state index contributed by atoms with van der Waals surface area (Å²) >= 11 is 5.90. The Hall–Kier alpha value is -2.85. The maximum atomic E-state index is 12.2. The number of nitrogens with one attached hydrogen (secondary N) is 2. The van der Waals surface area contributed by atoms with Crippen molar-refractivity contribution < 1.29 is 4.79 Å². The molecule has 1 aromatic heterocycles. The van der Waals surface area contributed by atoms with Gasteiger partial charge in [0.2, 0.25) is 0 Å². The molecular weight excluding hydrogens is 334 g/mol. The fourth-order valence-electron chi connectivity index (χ4n) is 2.30. The molecule has 126 valence electrons. The summed E-state index contributed by atoms with van der Waals surface area (Å²) in [6.45, 7) is 2.79. The van der Waals surface area contributed by atoms with Gasteiger partial charge in [-0.1, -0.05) is 47.5 Å². The van der Waals surface area contributed by atoms with Crippen LogP contribution in [-0.4, -0.2) is 10.9 Å². The molecule has 0 aliphatic heterocycles. The smallest absolute Gasteiger partial charge is 0.256 e. The molecule has 1 amide bonds. The number of rotatable bonds is 5. The van der Waals surface area contributed by atoms with E-state index in [1.165, 1.54) is 11.1 Å². The first kappa shape index (κ1) is 17.0. The summed E-state index contributed by atoms with van der Waals surface area (Å²) in [7, 11) is 0. The summed E-state index contributed by atoms with van der Waals surface area (Å²) in [5.74, 6) is 0.251. The molecule has 0 saturated heterocycles. The van der Waals surface area contributed by atoms with Crippen LogP contribution in [0.3, 0.4) is 0 Å². The molecule has 1 heterocycles. The second-order valence-electron chi connectivity index (χ2n) is 5.74. The van der Waals surface area contributed by atoms with Crippen molar-refractivity contribution in [2.75, 3.05) is 10.6 Å². The molecule has 0 aliphatic carbocycles. The van der Waals surface area contributed by atoms with Crippen LogP contribution in [-0.2, 0) is 6.54 Å². The lowest BCUT2D eigenvalue weighted by molar-refractivity contribution is 0.102. The van der Waals surface area contributed by atoms with Crippen molar-refractivity contribution in [3.05, 3.63) is 88.6 Å². The molecular formula is C20H18ClN3O. The highest BCUT2D eigenvalue weighted by Gasteiger charge is 2.07. The van der Waals surface area contributed by atoms with Gasteiger partial charge in [-0.2, -0.15) is 0 Å². The minimum absolute atomic E-state index is 0.240. The molecule has 0 radical (unpaired) electrons. The van der Waals surface area contributed by atoms with E-state index in [4.69, 9.17) is 11.6 Å². The molecule has 3 aromatic rings. The van der Waals surface area contributed by atoms with Crippen LogP contribution in [0.5, 0.6) is 0 Å². The number of pyridine rings is 1. The van der Waals surface area contributed by atoms with Gasteiger partial charge in [0.25, 0.3) is 5.91 Å². The van der Waals surface area contributed by atoms with Gasteiger partial charge < -0.3 is 10.6 Å². The summed E-state index contributed by atoms with van der Waals surface area (Å²) in [4.78, 5) is 16.4. The van der Waals surface area contributed by atoms with E-state index in [-0.39, 0.29) is 5.91 Å². The average Bonchev–Trinajstić information content (AvgIpc) is 2.62. The average molecular weight is 352 g/mol. The van der Waals surface area contributed by atoms with Crippen molar-refractivity contribution in [1.82, 2.24) is 4.98 Å². The van der Waals surface area contributed by atoms with Crippen molar-refractivity contribution in [2.24, 2.45) is 0 Å². The van der Waals surface area contributed by atoms with Gasteiger partial charge in [-0.15, -0.1) is 0 Å². The van der Waals surface area contributed by atoms with E-state index in [0.29, 0.717) is 16.4 Å². The first-order valence-corrected chi connectivity index (χ1v) is 8.30. The van der Waals surface area contributed by atoms with E-state index >= 15 is 0 Å². The van der Waals surface area contributed by atoms with E-state index in [2.05, 4.69) is 46.8 Å². The third-order valence-electron chi connectivity index (χ3n) is 3.71. The molecule has 3 rings (SSSR count). The van der Waals surface area contributed by atoms with Crippen LogP contribution in [0.25, 0.3) is 0 Å². The maximum absolute atomic E-state index is 12.2. The van der Waals surface area contributed by atoms with Crippen molar-refractivity contribution >= 4 is 29.0 Å². The van der Waals surface area contributed by atoms with Crippen molar-refractivity contribution in [3.8, 4) is 0 Å². The van der Waals surface area contributed by atoms with Crippen LogP contribution in [0.2, 0.25) is 5.02 Å². The van der Waals surface area contributed by atoms with Crippen LogP contribution in [0.1, 0.15) is 21.5 Å². The first-order chi connectivity index (χ1) is 12.1. The Morgan fingerprint density at radius 1 is 1.08 bits per heavy atom. The van der Waals surface area contributed by atoms with Crippen LogP contribution in [0, 0.1) is 6.92 Å². The van der Waals surface area contributed by atoms with Gasteiger partial charge in [-0.25, -0.2) is 4.98 Å². The summed E-state index contributed by atoms with van der Waals surface area (Å²) < 4.78 is 0.